The molecule has 0 aliphatic rings. The van der Waals surface area contributed by atoms with Crippen molar-refractivity contribution in [3.8, 4) is 11.5 Å². The third-order valence-corrected chi connectivity index (χ3v) is 3.90. The number of para-hydroxylation sites is 1. The fraction of sp³-hybridized carbons (Fsp3) is 0.211. The summed E-state index contributed by atoms with van der Waals surface area (Å²) in [6, 6.07) is 13.1. The van der Waals surface area contributed by atoms with Crippen molar-refractivity contribution in [1.82, 2.24) is 5.32 Å². The van der Waals surface area contributed by atoms with E-state index in [1.807, 2.05) is 42.5 Å². The Labute approximate surface area is 140 Å². The van der Waals surface area contributed by atoms with E-state index in [1.54, 1.807) is 21.1 Å². The quantitative estimate of drug-likeness (QED) is 0.777. The molecular formula is C19H19NO4. The Morgan fingerprint density at radius 2 is 1.83 bits per heavy atom. The molecule has 1 heterocycles. The Bertz CT molecular complexity index is 882. The number of benzene rings is 2. The van der Waals surface area contributed by atoms with E-state index in [0.29, 0.717) is 35.0 Å². The molecule has 1 aromatic heterocycles. The van der Waals surface area contributed by atoms with Gasteiger partial charge in [-0.3, -0.25) is 4.79 Å². The maximum Gasteiger partial charge on any atom is 0.255 e. The van der Waals surface area contributed by atoms with Crippen LogP contribution in [0.15, 0.2) is 46.9 Å². The molecule has 5 nitrogen and oxygen atoms in total. The van der Waals surface area contributed by atoms with Gasteiger partial charge in [0.25, 0.3) is 5.91 Å². The topological polar surface area (TPSA) is 60.7 Å². The molecule has 1 amide bonds. The normalized spacial score (nSPS) is 10.6. The number of ether oxygens (including phenoxy) is 2. The van der Waals surface area contributed by atoms with Crippen molar-refractivity contribution < 1.29 is 18.7 Å². The summed E-state index contributed by atoms with van der Waals surface area (Å²) in [6.45, 7) is 2.18. The molecule has 24 heavy (non-hydrogen) atoms. The number of fused-ring (bicyclic) bond motifs is 1. The summed E-state index contributed by atoms with van der Waals surface area (Å²) in [4.78, 5) is 12.6. The van der Waals surface area contributed by atoms with Crippen LogP contribution in [0, 0.1) is 6.92 Å². The SMILES string of the molecule is COc1ccc(CNC(=O)c2c(C)oc3ccccc23)cc1OC. The Kier molecular flexibility index (Phi) is 4.42. The first-order valence-corrected chi connectivity index (χ1v) is 7.61. The number of methoxy groups -OCH3 is 2. The van der Waals surface area contributed by atoms with Crippen LogP contribution in [0.3, 0.4) is 0 Å². The molecule has 0 unspecified atom stereocenters. The lowest BCUT2D eigenvalue weighted by molar-refractivity contribution is 0.0951. The molecule has 0 aliphatic carbocycles. The van der Waals surface area contributed by atoms with Crippen LogP contribution in [-0.4, -0.2) is 20.1 Å². The average Bonchev–Trinajstić information content (AvgIpc) is 2.95. The van der Waals surface area contributed by atoms with Crippen molar-refractivity contribution in [1.29, 1.82) is 0 Å². The van der Waals surface area contributed by atoms with Crippen molar-refractivity contribution in [3.63, 3.8) is 0 Å². The molecule has 3 rings (SSSR count). The molecule has 2 aromatic carbocycles. The summed E-state index contributed by atoms with van der Waals surface area (Å²) < 4.78 is 16.1. The highest BCUT2D eigenvalue weighted by Gasteiger charge is 2.17. The van der Waals surface area contributed by atoms with Gasteiger partial charge in [-0.2, -0.15) is 0 Å². The molecule has 124 valence electrons. The van der Waals surface area contributed by atoms with Gasteiger partial charge in [0.05, 0.1) is 19.8 Å². The Hall–Kier alpha value is -2.95. The zero-order chi connectivity index (χ0) is 17.1. The zero-order valence-electron chi connectivity index (χ0n) is 13.9. The Balaban J connectivity index is 1.79. The second kappa shape index (κ2) is 6.66. The predicted octanol–water partition coefficient (Wildman–Crippen LogP) is 3.69. The number of hydrogen-bond donors (Lipinski definition) is 1. The van der Waals surface area contributed by atoms with Gasteiger partial charge in [-0.1, -0.05) is 24.3 Å². The fourth-order valence-electron chi connectivity index (χ4n) is 2.71. The highest BCUT2D eigenvalue weighted by atomic mass is 16.5. The van der Waals surface area contributed by atoms with Crippen molar-refractivity contribution in [2.24, 2.45) is 0 Å². The minimum Gasteiger partial charge on any atom is -0.493 e. The van der Waals surface area contributed by atoms with Gasteiger partial charge in [0.1, 0.15) is 11.3 Å². The zero-order valence-corrected chi connectivity index (χ0v) is 13.9. The van der Waals surface area contributed by atoms with Crippen molar-refractivity contribution in [2.75, 3.05) is 14.2 Å². The van der Waals surface area contributed by atoms with E-state index in [9.17, 15) is 4.79 Å². The summed E-state index contributed by atoms with van der Waals surface area (Å²) >= 11 is 0. The van der Waals surface area contributed by atoms with Crippen LogP contribution in [0.5, 0.6) is 11.5 Å². The number of carbonyl (C=O) groups is 1. The number of aryl methyl sites for hydroxylation is 1. The maximum atomic E-state index is 12.6. The summed E-state index contributed by atoms with van der Waals surface area (Å²) in [6.07, 6.45) is 0. The Morgan fingerprint density at radius 1 is 1.08 bits per heavy atom. The Morgan fingerprint density at radius 3 is 2.58 bits per heavy atom. The van der Waals surface area contributed by atoms with E-state index in [0.717, 1.165) is 10.9 Å². The predicted molar refractivity (Wildman–Crippen MR) is 91.7 cm³/mol. The van der Waals surface area contributed by atoms with E-state index in [4.69, 9.17) is 13.9 Å². The number of furan rings is 1. The molecule has 5 heteroatoms. The fourth-order valence-corrected chi connectivity index (χ4v) is 2.71. The average molecular weight is 325 g/mol. The van der Waals surface area contributed by atoms with Crippen molar-refractivity contribution in [2.45, 2.75) is 13.5 Å². The molecule has 0 atom stereocenters. The lowest BCUT2D eigenvalue weighted by atomic mass is 10.1. The summed E-state index contributed by atoms with van der Waals surface area (Å²) in [5, 5.41) is 3.75. The van der Waals surface area contributed by atoms with Gasteiger partial charge in [0, 0.05) is 11.9 Å². The van der Waals surface area contributed by atoms with Gasteiger partial charge in [-0.15, -0.1) is 0 Å². The lowest BCUT2D eigenvalue weighted by Gasteiger charge is -2.10. The molecule has 0 spiro atoms. The first-order chi connectivity index (χ1) is 11.6. The molecule has 0 saturated carbocycles. The monoisotopic (exact) mass is 325 g/mol. The summed E-state index contributed by atoms with van der Waals surface area (Å²) in [5.74, 6) is 1.74. The smallest absolute Gasteiger partial charge is 0.255 e. The van der Waals surface area contributed by atoms with Crippen LogP contribution in [0.4, 0.5) is 0 Å². The molecule has 0 saturated heterocycles. The molecule has 0 aliphatic heterocycles. The van der Waals surface area contributed by atoms with Crippen LogP contribution in [0.1, 0.15) is 21.7 Å². The molecular weight excluding hydrogens is 306 g/mol. The summed E-state index contributed by atoms with van der Waals surface area (Å²) in [7, 11) is 3.17. The first kappa shape index (κ1) is 15.9. The number of nitrogens with one attached hydrogen (secondary N) is 1. The minimum atomic E-state index is -0.160. The van der Waals surface area contributed by atoms with E-state index in [1.165, 1.54) is 0 Å². The third kappa shape index (κ3) is 2.93. The highest BCUT2D eigenvalue weighted by molar-refractivity contribution is 6.07. The minimum absolute atomic E-state index is 0.160. The van der Waals surface area contributed by atoms with Crippen LogP contribution < -0.4 is 14.8 Å². The molecule has 0 radical (unpaired) electrons. The second-order valence-corrected chi connectivity index (χ2v) is 5.40. The van der Waals surface area contributed by atoms with Crippen LogP contribution in [-0.2, 0) is 6.54 Å². The van der Waals surface area contributed by atoms with E-state index >= 15 is 0 Å². The van der Waals surface area contributed by atoms with E-state index in [-0.39, 0.29) is 5.91 Å². The van der Waals surface area contributed by atoms with E-state index in [2.05, 4.69) is 5.32 Å². The number of rotatable bonds is 5. The number of hydrogen-bond acceptors (Lipinski definition) is 4. The molecule has 0 fully saturated rings. The van der Waals surface area contributed by atoms with Crippen LogP contribution in [0.2, 0.25) is 0 Å². The number of carbonyl (C=O) groups excluding carboxylic acids is 1. The van der Waals surface area contributed by atoms with Gasteiger partial charge in [0.15, 0.2) is 11.5 Å². The van der Waals surface area contributed by atoms with Crippen LogP contribution in [0.25, 0.3) is 11.0 Å². The molecule has 1 N–H and O–H groups in total. The number of amides is 1. The van der Waals surface area contributed by atoms with Gasteiger partial charge in [-0.05, 0) is 30.7 Å². The van der Waals surface area contributed by atoms with Crippen molar-refractivity contribution >= 4 is 16.9 Å². The van der Waals surface area contributed by atoms with Gasteiger partial charge in [-0.25, -0.2) is 0 Å². The first-order valence-electron chi connectivity index (χ1n) is 7.61. The maximum absolute atomic E-state index is 12.6. The lowest BCUT2D eigenvalue weighted by Crippen LogP contribution is -2.23. The van der Waals surface area contributed by atoms with Gasteiger partial charge in [0.2, 0.25) is 0 Å². The van der Waals surface area contributed by atoms with Crippen molar-refractivity contribution in [3.05, 3.63) is 59.4 Å². The van der Waals surface area contributed by atoms with Gasteiger partial charge < -0.3 is 19.2 Å². The highest BCUT2D eigenvalue weighted by Crippen LogP contribution is 2.28. The van der Waals surface area contributed by atoms with Crippen LogP contribution >= 0.6 is 0 Å². The summed E-state index contributed by atoms with van der Waals surface area (Å²) in [5.41, 5.74) is 2.21. The van der Waals surface area contributed by atoms with Gasteiger partial charge >= 0.3 is 0 Å². The van der Waals surface area contributed by atoms with E-state index < -0.39 is 0 Å². The second-order valence-electron chi connectivity index (χ2n) is 5.40. The largest absolute Gasteiger partial charge is 0.493 e. The molecule has 3 aromatic rings. The third-order valence-electron chi connectivity index (χ3n) is 3.90. The molecule has 0 bridgehead atoms. The standard InChI is InChI=1S/C19H19NO4/c1-12-18(14-6-4-5-7-15(14)24-12)19(21)20-11-13-8-9-16(22-2)17(10-13)23-3/h4-10H,11H2,1-3H3,(H,20,21).